The number of benzene rings is 2. The van der Waals surface area contributed by atoms with Gasteiger partial charge in [0, 0.05) is 10.0 Å². The van der Waals surface area contributed by atoms with E-state index >= 15 is 0 Å². The van der Waals surface area contributed by atoms with Crippen molar-refractivity contribution in [3.8, 4) is 0 Å². The van der Waals surface area contributed by atoms with Crippen LogP contribution in [-0.2, 0) is 17.9 Å². The van der Waals surface area contributed by atoms with Gasteiger partial charge in [-0.05, 0) is 29.8 Å². The summed E-state index contributed by atoms with van der Waals surface area (Å²) in [5.41, 5.74) is 2.83. The zero-order chi connectivity index (χ0) is 15.5. The molecule has 0 aliphatic heterocycles. The number of para-hydroxylation sites is 2. The first-order chi connectivity index (χ1) is 10.7. The highest BCUT2D eigenvalue weighted by molar-refractivity contribution is 6.35. The van der Waals surface area contributed by atoms with E-state index in [2.05, 4.69) is 10.3 Å². The monoisotopic (exact) mass is 333 g/mol. The van der Waals surface area contributed by atoms with Crippen LogP contribution in [0.3, 0.4) is 0 Å². The molecule has 2 aromatic carbocycles. The Kier molecular flexibility index (Phi) is 4.32. The molecule has 0 radical (unpaired) electrons. The Labute approximate surface area is 137 Å². The molecule has 3 rings (SSSR count). The fourth-order valence-electron chi connectivity index (χ4n) is 2.39. The summed E-state index contributed by atoms with van der Waals surface area (Å²) in [4.78, 5) is 15.1. The van der Waals surface area contributed by atoms with E-state index in [0.29, 0.717) is 29.5 Å². The maximum Gasteiger partial charge on any atom is 0.207 e. The largest absolute Gasteiger partial charge is 0.351 e. The zero-order valence-corrected chi connectivity index (χ0v) is 13.1. The number of amides is 1. The van der Waals surface area contributed by atoms with Gasteiger partial charge >= 0.3 is 0 Å². The van der Waals surface area contributed by atoms with Gasteiger partial charge in [-0.25, -0.2) is 4.98 Å². The molecule has 6 heteroatoms. The SMILES string of the molecule is O=CNCc1nc2ccccc2n1Cc1ccc(Cl)cc1Cl. The van der Waals surface area contributed by atoms with Crippen molar-refractivity contribution in [2.45, 2.75) is 13.1 Å². The van der Waals surface area contributed by atoms with E-state index in [-0.39, 0.29) is 0 Å². The number of carbonyl (C=O) groups is 1. The van der Waals surface area contributed by atoms with E-state index in [0.717, 1.165) is 22.4 Å². The quantitative estimate of drug-likeness (QED) is 0.724. The van der Waals surface area contributed by atoms with Gasteiger partial charge in [-0.3, -0.25) is 4.79 Å². The molecule has 0 fully saturated rings. The summed E-state index contributed by atoms with van der Waals surface area (Å²) in [6.45, 7) is 0.926. The molecule has 3 aromatic rings. The fourth-order valence-corrected chi connectivity index (χ4v) is 2.86. The Balaban J connectivity index is 2.05. The number of nitrogens with zero attached hydrogens (tertiary/aromatic N) is 2. The summed E-state index contributed by atoms with van der Waals surface area (Å²) in [7, 11) is 0. The Morgan fingerprint density at radius 3 is 2.77 bits per heavy atom. The van der Waals surface area contributed by atoms with Crippen LogP contribution < -0.4 is 5.32 Å². The van der Waals surface area contributed by atoms with Gasteiger partial charge in [-0.2, -0.15) is 0 Å². The lowest BCUT2D eigenvalue weighted by atomic mass is 10.2. The summed E-state index contributed by atoms with van der Waals surface area (Å²) < 4.78 is 2.04. The average molecular weight is 334 g/mol. The normalized spacial score (nSPS) is 10.8. The predicted octanol–water partition coefficient (Wildman–Crippen LogP) is 3.64. The maximum atomic E-state index is 10.6. The Morgan fingerprint density at radius 1 is 1.18 bits per heavy atom. The van der Waals surface area contributed by atoms with Crippen LogP contribution in [0.15, 0.2) is 42.5 Å². The van der Waals surface area contributed by atoms with Gasteiger partial charge in [0.1, 0.15) is 5.82 Å². The third-order valence-electron chi connectivity index (χ3n) is 3.42. The number of carbonyl (C=O) groups excluding carboxylic acids is 1. The highest BCUT2D eigenvalue weighted by Crippen LogP contribution is 2.24. The first-order valence-electron chi connectivity index (χ1n) is 6.74. The molecule has 0 saturated carbocycles. The minimum atomic E-state index is 0.364. The van der Waals surface area contributed by atoms with Gasteiger partial charge in [0.15, 0.2) is 0 Å². The van der Waals surface area contributed by atoms with E-state index in [1.165, 1.54) is 0 Å². The van der Waals surface area contributed by atoms with E-state index < -0.39 is 0 Å². The van der Waals surface area contributed by atoms with Crippen molar-refractivity contribution in [1.29, 1.82) is 0 Å². The minimum Gasteiger partial charge on any atom is -0.351 e. The minimum absolute atomic E-state index is 0.364. The maximum absolute atomic E-state index is 10.6. The molecule has 0 bridgehead atoms. The Hall–Kier alpha value is -2.04. The van der Waals surface area contributed by atoms with E-state index in [1.807, 2.05) is 41.0 Å². The first-order valence-corrected chi connectivity index (χ1v) is 7.49. The number of aromatic nitrogens is 2. The van der Waals surface area contributed by atoms with Crippen molar-refractivity contribution >= 4 is 40.6 Å². The number of imidazole rings is 1. The average Bonchev–Trinajstić information content (AvgIpc) is 2.86. The molecular formula is C16H13Cl2N3O. The second-order valence-corrected chi connectivity index (χ2v) is 5.68. The van der Waals surface area contributed by atoms with Gasteiger partial charge < -0.3 is 9.88 Å². The predicted molar refractivity (Wildman–Crippen MR) is 88.2 cm³/mol. The summed E-state index contributed by atoms with van der Waals surface area (Å²) in [6, 6.07) is 13.3. The summed E-state index contributed by atoms with van der Waals surface area (Å²) in [6.07, 6.45) is 0.666. The van der Waals surface area contributed by atoms with Crippen molar-refractivity contribution < 1.29 is 4.79 Å². The summed E-state index contributed by atoms with van der Waals surface area (Å²) in [5, 5.41) is 3.87. The van der Waals surface area contributed by atoms with Gasteiger partial charge in [0.2, 0.25) is 6.41 Å². The molecule has 0 unspecified atom stereocenters. The number of rotatable bonds is 5. The zero-order valence-electron chi connectivity index (χ0n) is 11.6. The number of hydrogen-bond acceptors (Lipinski definition) is 2. The number of halogens is 2. The molecule has 0 atom stereocenters. The lowest BCUT2D eigenvalue weighted by molar-refractivity contribution is -0.109. The molecule has 4 nitrogen and oxygen atoms in total. The van der Waals surface area contributed by atoms with Crippen LogP contribution in [0.1, 0.15) is 11.4 Å². The molecule has 22 heavy (non-hydrogen) atoms. The molecule has 1 N–H and O–H groups in total. The fraction of sp³-hybridized carbons (Fsp3) is 0.125. The Morgan fingerprint density at radius 2 is 2.00 bits per heavy atom. The van der Waals surface area contributed by atoms with Crippen molar-refractivity contribution in [3.63, 3.8) is 0 Å². The van der Waals surface area contributed by atoms with Crippen LogP contribution in [0.5, 0.6) is 0 Å². The third kappa shape index (κ3) is 2.93. The molecule has 1 heterocycles. The molecule has 0 spiro atoms. The van der Waals surface area contributed by atoms with Crippen molar-refractivity contribution in [2.24, 2.45) is 0 Å². The highest BCUT2D eigenvalue weighted by Gasteiger charge is 2.12. The van der Waals surface area contributed by atoms with Crippen LogP contribution in [0, 0.1) is 0 Å². The van der Waals surface area contributed by atoms with E-state index in [1.54, 1.807) is 6.07 Å². The number of fused-ring (bicyclic) bond motifs is 1. The van der Waals surface area contributed by atoms with Gasteiger partial charge in [0.25, 0.3) is 0 Å². The van der Waals surface area contributed by atoms with Crippen LogP contribution in [0.25, 0.3) is 11.0 Å². The lowest BCUT2D eigenvalue weighted by Gasteiger charge is -2.11. The highest BCUT2D eigenvalue weighted by atomic mass is 35.5. The molecule has 112 valence electrons. The standard InChI is InChI=1S/C16H13Cl2N3O/c17-12-6-5-11(13(18)7-12)9-21-15-4-2-1-3-14(15)20-16(21)8-19-10-22/h1-7,10H,8-9H2,(H,19,22). The van der Waals surface area contributed by atoms with Gasteiger partial charge in [0.05, 0.1) is 24.1 Å². The van der Waals surface area contributed by atoms with E-state index in [4.69, 9.17) is 23.2 Å². The van der Waals surface area contributed by atoms with Crippen molar-refractivity contribution in [2.75, 3.05) is 0 Å². The third-order valence-corrected chi connectivity index (χ3v) is 4.01. The Bertz CT molecular complexity index is 829. The second kappa shape index (κ2) is 6.38. The first kappa shape index (κ1) is 14.9. The molecule has 0 aliphatic carbocycles. The summed E-state index contributed by atoms with van der Waals surface area (Å²) >= 11 is 12.2. The van der Waals surface area contributed by atoms with Crippen LogP contribution in [0.4, 0.5) is 0 Å². The topological polar surface area (TPSA) is 46.9 Å². The molecule has 1 aromatic heterocycles. The second-order valence-electron chi connectivity index (χ2n) is 4.84. The van der Waals surface area contributed by atoms with Gasteiger partial charge in [-0.1, -0.05) is 41.4 Å². The molecule has 0 aliphatic rings. The van der Waals surface area contributed by atoms with Crippen molar-refractivity contribution in [1.82, 2.24) is 14.9 Å². The van der Waals surface area contributed by atoms with Crippen LogP contribution in [-0.4, -0.2) is 16.0 Å². The molecular weight excluding hydrogens is 321 g/mol. The van der Waals surface area contributed by atoms with Crippen LogP contribution in [0.2, 0.25) is 10.0 Å². The molecule has 1 amide bonds. The number of hydrogen-bond donors (Lipinski definition) is 1. The molecule has 0 saturated heterocycles. The summed E-state index contributed by atoms with van der Waals surface area (Å²) in [5.74, 6) is 0.777. The van der Waals surface area contributed by atoms with Crippen LogP contribution >= 0.6 is 23.2 Å². The van der Waals surface area contributed by atoms with Crippen molar-refractivity contribution in [3.05, 3.63) is 63.9 Å². The van der Waals surface area contributed by atoms with Gasteiger partial charge in [-0.15, -0.1) is 0 Å². The van der Waals surface area contributed by atoms with E-state index in [9.17, 15) is 4.79 Å². The lowest BCUT2D eigenvalue weighted by Crippen LogP contribution is -2.15. The number of nitrogens with one attached hydrogen (secondary N) is 1. The smallest absolute Gasteiger partial charge is 0.207 e.